The van der Waals surface area contributed by atoms with Crippen LogP contribution in [0.3, 0.4) is 0 Å². The molecule has 1 fully saturated rings. The molecule has 0 radical (unpaired) electrons. The van der Waals surface area contributed by atoms with Crippen LogP contribution >= 0.6 is 34.4 Å². The number of quaternary nitrogens is 1. The van der Waals surface area contributed by atoms with Crippen molar-refractivity contribution < 1.29 is 28.8 Å². The van der Waals surface area contributed by atoms with Gasteiger partial charge in [0.1, 0.15) is 42.2 Å². The number of thiazole rings is 2. The molecule has 16 heteroatoms. The van der Waals surface area contributed by atoms with Crippen molar-refractivity contribution >= 4 is 68.2 Å². The number of thioether (sulfide) groups is 1. The third-order valence-electron chi connectivity index (χ3n) is 5.73. The van der Waals surface area contributed by atoms with E-state index in [9.17, 15) is 19.5 Å². The lowest BCUT2D eigenvalue weighted by Crippen LogP contribution is -2.71. The largest absolute Gasteiger partial charge is 0.477 e. The second-order valence-electron chi connectivity index (χ2n) is 9.09. The van der Waals surface area contributed by atoms with Gasteiger partial charge in [0.2, 0.25) is 0 Å². The second kappa shape index (κ2) is 11.1. The Kier molecular flexibility index (Phi) is 8.05. The quantitative estimate of drug-likeness (QED) is 0.135. The maximum atomic E-state index is 13.0. The van der Waals surface area contributed by atoms with Gasteiger partial charge in [-0.2, -0.15) is 0 Å². The highest BCUT2D eigenvalue weighted by atomic mass is 32.2. The normalized spacial score (nSPS) is 19.9. The van der Waals surface area contributed by atoms with Gasteiger partial charge in [-0.15, -0.1) is 34.4 Å². The minimum absolute atomic E-state index is 0.0869. The van der Waals surface area contributed by atoms with Crippen molar-refractivity contribution in [3.05, 3.63) is 45.6 Å². The lowest BCUT2D eigenvalue weighted by molar-refractivity contribution is -0.898. The molecule has 6 N–H and O–H groups in total. The first-order valence-electron chi connectivity index (χ1n) is 11.2. The summed E-state index contributed by atoms with van der Waals surface area (Å²) < 4.78 is 0.581. The van der Waals surface area contributed by atoms with Gasteiger partial charge >= 0.3 is 5.97 Å². The molecule has 0 spiro atoms. The summed E-state index contributed by atoms with van der Waals surface area (Å²) in [4.78, 5) is 52.4. The zero-order chi connectivity index (χ0) is 27.6. The zero-order valence-corrected chi connectivity index (χ0v) is 23.2. The van der Waals surface area contributed by atoms with Crippen LogP contribution in [-0.4, -0.2) is 92.9 Å². The second-order valence-corrected chi connectivity index (χ2v) is 12.0. The summed E-state index contributed by atoms with van der Waals surface area (Å²) >= 11 is 3.89. The van der Waals surface area contributed by atoms with Gasteiger partial charge in [-0.05, 0) is 11.6 Å². The lowest BCUT2D eigenvalue weighted by Gasteiger charge is -2.49. The number of anilines is 2. The number of likely N-dealkylation sites (N-methyl/N-ethyl adjacent to an activating group) is 1. The first-order valence-corrected chi connectivity index (χ1v) is 14.0. The number of carboxylic acids is 1. The van der Waals surface area contributed by atoms with Crippen LogP contribution in [0.1, 0.15) is 11.4 Å². The molecule has 0 saturated carbocycles. The molecule has 2 aromatic rings. The Labute approximate surface area is 230 Å². The van der Waals surface area contributed by atoms with Crippen LogP contribution in [0.15, 0.2) is 39.3 Å². The first kappa shape index (κ1) is 27.6. The molecule has 0 aromatic carbocycles. The number of carbonyl (C=O) groups excluding carboxylic acids is 2. The van der Waals surface area contributed by atoms with Crippen molar-refractivity contribution in [1.82, 2.24) is 20.2 Å². The monoisotopic (exact) mass is 579 g/mol. The van der Waals surface area contributed by atoms with Gasteiger partial charge in [0, 0.05) is 16.5 Å². The number of amides is 2. The van der Waals surface area contributed by atoms with Crippen LogP contribution in [0.2, 0.25) is 0 Å². The van der Waals surface area contributed by atoms with Crippen LogP contribution < -0.4 is 16.8 Å². The van der Waals surface area contributed by atoms with Gasteiger partial charge < -0.3 is 31.2 Å². The van der Waals surface area contributed by atoms with E-state index < -0.39 is 29.2 Å². The molecule has 4 heterocycles. The van der Waals surface area contributed by atoms with Gasteiger partial charge in [0.05, 0.1) is 20.6 Å². The van der Waals surface area contributed by atoms with E-state index in [2.05, 4.69) is 20.4 Å². The van der Waals surface area contributed by atoms with E-state index >= 15 is 0 Å². The number of hydrogen-bond donors (Lipinski definition) is 4. The molecule has 1 saturated heterocycles. The van der Waals surface area contributed by atoms with Gasteiger partial charge in [-0.25, -0.2) is 14.8 Å². The fourth-order valence-corrected chi connectivity index (χ4v) is 6.47. The molecular formula is C22H27N8O5S3+. The summed E-state index contributed by atoms with van der Waals surface area (Å²) in [7, 11) is 5.35. The fourth-order valence-electron chi connectivity index (χ4n) is 4.05. The summed E-state index contributed by atoms with van der Waals surface area (Å²) in [6.45, 7) is 1.27. The third kappa shape index (κ3) is 5.82. The molecule has 2 atom stereocenters. The average Bonchev–Trinajstić information content (AvgIpc) is 3.46. The van der Waals surface area contributed by atoms with Crippen molar-refractivity contribution in [2.75, 3.05) is 45.0 Å². The molecule has 0 unspecified atom stereocenters. The number of fused-ring (bicyclic) bond motifs is 1. The highest BCUT2D eigenvalue weighted by Crippen LogP contribution is 2.40. The first-order chi connectivity index (χ1) is 18.0. The van der Waals surface area contributed by atoms with Crippen LogP contribution in [-0.2, 0) is 25.8 Å². The number of carbonyl (C=O) groups is 3. The molecule has 13 nitrogen and oxygen atoms in total. The van der Waals surface area contributed by atoms with E-state index in [1.54, 1.807) is 11.5 Å². The molecule has 2 aliphatic rings. The highest BCUT2D eigenvalue weighted by molar-refractivity contribution is 8.00. The van der Waals surface area contributed by atoms with E-state index in [1.807, 2.05) is 25.6 Å². The third-order valence-corrected chi connectivity index (χ3v) is 8.43. The number of allylic oxidation sites excluding steroid dienone is 1. The maximum Gasteiger partial charge on any atom is 0.352 e. The molecular weight excluding hydrogens is 552 g/mol. The number of nitrogens with zero attached hydrogens (tertiary/aromatic N) is 5. The Morgan fingerprint density at radius 1 is 1.29 bits per heavy atom. The zero-order valence-electron chi connectivity index (χ0n) is 20.8. The van der Waals surface area contributed by atoms with Crippen LogP contribution in [0.5, 0.6) is 0 Å². The minimum atomic E-state index is -1.21. The lowest BCUT2D eigenvalue weighted by atomic mass is 10.0. The highest BCUT2D eigenvalue weighted by Gasteiger charge is 2.54. The number of hydrogen-bond acceptors (Lipinski definition) is 12. The molecule has 2 aromatic heterocycles. The van der Waals surface area contributed by atoms with Crippen molar-refractivity contribution in [1.29, 1.82) is 0 Å². The predicted octanol–water partition coefficient (Wildman–Crippen LogP) is 0.686. The number of β-lactam (4-membered cyclic amide) rings is 1. The van der Waals surface area contributed by atoms with Gasteiger partial charge in [-0.1, -0.05) is 11.2 Å². The summed E-state index contributed by atoms with van der Waals surface area (Å²) in [6, 6.07) is -0.924. The Hall–Kier alpha value is -3.47. The van der Waals surface area contributed by atoms with E-state index in [-0.39, 0.29) is 22.2 Å². The van der Waals surface area contributed by atoms with Crippen molar-refractivity contribution in [3.63, 3.8) is 0 Å². The molecule has 4 rings (SSSR count). The smallest absolute Gasteiger partial charge is 0.352 e. The minimum Gasteiger partial charge on any atom is -0.477 e. The number of nitrogens with two attached hydrogens (primary N) is 2. The molecule has 38 heavy (non-hydrogen) atoms. The van der Waals surface area contributed by atoms with E-state index in [1.165, 1.54) is 35.1 Å². The summed E-state index contributed by atoms with van der Waals surface area (Å²) in [6.07, 6.45) is 3.64. The Balaban J connectivity index is 1.45. The Morgan fingerprint density at radius 2 is 2.00 bits per heavy atom. The van der Waals surface area contributed by atoms with Gasteiger partial charge in [0.25, 0.3) is 11.8 Å². The predicted molar refractivity (Wildman–Crippen MR) is 146 cm³/mol. The topological polar surface area (TPSA) is 186 Å². The molecule has 2 aliphatic heterocycles. The molecule has 0 bridgehead atoms. The van der Waals surface area contributed by atoms with E-state index in [0.29, 0.717) is 34.0 Å². The van der Waals surface area contributed by atoms with Gasteiger partial charge in [-0.3, -0.25) is 14.5 Å². The Bertz CT molecular complexity index is 1350. The van der Waals surface area contributed by atoms with Crippen molar-refractivity contribution in [3.8, 4) is 0 Å². The van der Waals surface area contributed by atoms with Crippen molar-refractivity contribution in [2.24, 2.45) is 5.16 Å². The van der Waals surface area contributed by atoms with Crippen LogP contribution in [0.4, 0.5) is 10.3 Å². The summed E-state index contributed by atoms with van der Waals surface area (Å²) in [5.74, 6) is -2.05. The van der Waals surface area contributed by atoms with E-state index in [0.717, 1.165) is 17.0 Å². The number of rotatable bonds is 10. The van der Waals surface area contributed by atoms with E-state index in [4.69, 9.17) is 16.3 Å². The summed E-state index contributed by atoms with van der Waals surface area (Å²) in [5.41, 5.74) is 12.8. The van der Waals surface area contributed by atoms with Gasteiger partial charge in [0.15, 0.2) is 16.0 Å². The standard InChI is InChI=1S/C22H26N8O5S3/c1-30(2,7-12-9-37-21(23)25-12)6-4-5-11-8-36-19-15(18(32)29(19)16(11)20(33)34)27-17(31)14(28-35-3)13-10-38-22(24)26-13/h4-5,9-10,15,19H,6-8H2,1-3H3,(H5-,23,24,25,26,27,31,33,34)/p+1/b5-4+,28-14-/t15-,19+/m1/s1. The SMILES string of the molecule is CO/N=C(\C(=O)N[C@@H]1C(=O)N2C(C(=O)O)=C(/C=C/C[N+](C)(C)Cc3csc(N)n3)CS[C@@H]12)c1csc(N)n1. The van der Waals surface area contributed by atoms with Crippen LogP contribution in [0.25, 0.3) is 0 Å². The fraction of sp³-hybridized carbons (Fsp3) is 0.364. The Morgan fingerprint density at radius 3 is 2.61 bits per heavy atom. The number of aromatic nitrogens is 2. The number of oxime groups is 1. The summed E-state index contributed by atoms with van der Waals surface area (Å²) in [5, 5.41) is 19.9. The number of nitrogen functional groups attached to an aromatic ring is 2. The average molecular weight is 580 g/mol. The van der Waals surface area contributed by atoms with Crippen LogP contribution in [0, 0.1) is 0 Å². The molecule has 0 aliphatic carbocycles. The maximum absolute atomic E-state index is 13.0. The van der Waals surface area contributed by atoms with Crippen molar-refractivity contribution in [2.45, 2.75) is 18.0 Å². The molecule has 202 valence electrons. The molecule has 2 amide bonds. The number of carboxylic acid groups (broad SMARTS) is 1. The number of aliphatic carboxylic acids is 1. The number of nitrogens with one attached hydrogen (secondary N) is 1.